The second-order valence-electron chi connectivity index (χ2n) is 6.91. The van der Waals surface area contributed by atoms with E-state index < -0.39 is 0 Å². The Kier molecular flexibility index (Phi) is 7.12. The summed E-state index contributed by atoms with van der Waals surface area (Å²) in [5.41, 5.74) is 8.15. The first-order valence-corrected chi connectivity index (χ1v) is 12.0. The molecular formula is C21H24ClN5OS2. The van der Waals surface area contributed by atoms with Crippen LogP contribution in [0.4, 0.5) is 5.69 Å². The fourth-order valence-electron chi connectivity index (χ4n) is 3.28. The summed E-state index contributed by atoms with van der Waals surface area (Å²) in [6, 6.07) is 9.75. The van der Waals surface area contributed by atoms with Crippen LogP contribution in [0.3, 0.4) is 0 Å². The van der Waals surface area contributed by atoms with E-state index in [0.717, 1.165) is 64.9 Å². The van der Waals surface area contributed by atoms with Gasteiger partial charge in [-0.05, 0) is 23.8 Å². The summed E-state index contributed by atoms with van der Waals surface area (Å²) in [6.07, 6.45) is 1.86. The summed E-state index contributed by atoms with van der Waals surface area (Å²) in [5, 5.41) is 10.5. The molecule has 0 bridgehead atoms. The molecule has 3 aromatic rings. The highest BCUT2D eigenvalue weighted by atomic mass is 35.5. The molecule has 2 aromatic heterocycles. The smallest absolute Gasteiger partial charge is 0.191 e. The van der Waals surface area contributed by atoms with E-state index in [2.05, 4.69) is 26.2 Å². The molecule has 0 radical (unpaired) electrons. The normalized spacial score (nSPS) is 14.8. The van der Waals surface area contributed by atoms with Crippen LogP contribution < -0.4 is 5.73 Å². The van der Waals surface area contributed by atoms with Crippen molar-refractivity contribution in [1.29, 1.82) is 0 Å². The minimum Gasteiger partial charge on any atom is -0.397 e. The highest BCUT2D eigenvalue weighted by Gasteiger charge is 2.19. The van der Waals surface area contributed by atoms with E-state index in [-0.39, 0.29) is 0 Å². The zero-order chi connectivity index (χ0) is 20.9. The lowest BCUT2D eigenvalue weighted by Crippen LogP contribution is -2.37. The van der Waals surface area contributed by atoms with E-state index in [1.165, 1.54) is 0 Å². The number of aromatic nitrogens is 3. The van der Waals surface area contributed by atoms with Crippen molar-refractivity contribution in [3.8, 4) is 21.1 Å². The number of thioether (sulfide) groups is 1. The average Bonchev–Trinajstić information content (AvgIpc) is 3.33. The maximum absolute atomic E-state index is 6.36. The third-order valence-corrected chi connectivity index (χ3v) is 7.26. The molecule has 3 heterocycles. The van der Waals surface area contributed by atoms with Crippen molar-refractivity contribution < 1.29 is 4.74 Å². The predicted molar refractivity (Wildman–Crippen MR) is 126 cm³/mol. The molecule has 0 amide bonds. The average molecular weight is 462 g/mol. The molecule has 0 atom stereocenters. The molecule has 0 unspecified atom stereocenters. The first-order chi connectivity index (χ1) is 14.7. The molecule has 1 aromatic carbocycles. The van der Waals surface area contributed by atoms with Crippen molar-refractivity contribution in [3.05, 3.63) is 48.0 Å². The van der Waals surface area contributed by atoms with Gasteiger partial charge < -0.3 is 10.5 Å². The van der Waals surface area contributed by atoms with Gasteiger partial charge in [0.2, 0.25) is 0 Å². The molecule has 30 heavy (non-hydrogen) atoms. The molecule has 9 heteroatoms. The van der Waals surface area contributed by atoms with E-state index in [4.69, 9.17) is 22.1 Å². The van der Waals surface area contributed by atoms with Gasteiger partial charge in [0.1, 0.15) is 0 Å². The maximum Gasteiger partial charge on any atom is 0.191 e. The van der Waals surface area contributed by atoms with Crippen LogP contribution in [0.1, 0.15) is 0 Å². The number of ether oxygens (including phenoxy) is 1. The molecule has 1 saturated heterocycles. The number of nitrogen functional groups attached to an aromatic ring is 1. The fourth-order valence-corrected chi connectivity index (χ4v) is 5.44. The van der Waals surface area contributed by atoms with E-state index in [9.17, 15) is 0 Å². The summed E-state index contributed by atoms with van der Waals surface area (Å²) in [4.78, 5) is 4.42. The third-order valence-electron chi connectivity index (χ3n) is 4.86. The van der Waals surface area contributed by atoms with Crippen LogP contribution in [0.25, 0.3) is 21.1 Å². The van der Waals surface area contributed by atoms with Gasteiger partial charge in [-0.3, -0.25) is 9.47 Å². The molecule has 158 valence electrons. The van der Waals surface area contributed by atoms with Gasteiger partial charge >= 0.3 is 0 Å². The van der Waals surface area contributed by atoms with Crippen LogP contribution in [-0.2, 0) is 11.3 Å². The van der Waals surface area contributed by atoms with E-state index in [1.54, 1.807) is 23.1 Å². The van der Waals surface area contributed by atoms with Crippen LogP contribution in [-0.4, -0.2) is 58.3 Å². The molecule has 1 aliphatic heterocycles. The Morgan fingerprint density at radius 1 is 1.23 bits per heavy atom. The largest absolute Gasteiger partial charge is 0.397 e. The van der Waals surface area contributed by atoms with E-state index in [1.807, 2.05) is 36.4 Å². The zero-order valence-corrected chi connectivity index (χ0v) is 19.0. The minimum atomic E-state index is 0.635. The molecular weight excluding hydrogens is 438 g/mol. The Labute approximate surface area is 189 Å². The summed E-state index contributed by atoms with van der Waals surface area (Å²) >= 11 is 9.35. The Bertz CT molecular complexity index is 995. The number of nitrogens with zero attached hydrogens (tertiary/aromatic N) is 4. The zero-order valence-electron chi connectivity index (χ0n) is 16.6. The number of hydrogen-bond acceptors (Lipinski definition) is 7. The lowest BCUT2D eigenvalue weighted by molar-refractivity contribution is 0.0410. The summed E-state index contributed by atoms with van der Waals surface area (Å²) in [5.74, 6) is 1.73. The first kappa shape index (κ1) is 21.4. The Morgan fingerprint density at radius 2 is 2.00 bits per heavy atom. The van der Waals surface area contributed by atoms with Gasteiger partial charge in [0.15, 0.2) is 11.0 Å². The number of halogens is 1. The number of morpholine rings is 1. The number of rotatable bonds is 8. The maximum atomic E-state index is 6.36. The van der Waals surface area contributed by atoms with Gasteiger partial charge in [-0.15, -0.1) is 28.1 Å². The van der Waals surface area contributed by atoms with Gasteiger partial charge in [0.05, 0.1) is 23.8 Å². The molecule has 2 N–H and O–H groups in total. The molecule has 4 rings (SSSR count). The highest BCUT2D eigenvalue weighted by Crippen LogP contribution is 2.40. The van der Waals surface area contributed by atoms with Gasteiger partial charge in [-0.2, -0.15) is 0 Å². The molecule has 0 saturated carbocycles. The first-order valence-electron chi connectivity index (χ1n) is 9.78. The second-order valence-corrected chi connectivity index (χ2v) is 9.46. The van der Waals surface area contributed by atoms with E-state index in [0.29, 0.717) is 17.3 Å². The molecule has 1 fully saturated rings. The number of anilines is 1. The van der Waals surface area contributed by atoms with Crippen LogP contribution >= 0.6 is 34.7 Å². The highest BCUT2D eigenvalue weighted by molar-refractivity contribution is 7.99. The second kappa shape index (κ2) is 9.98. The summed E-state index contributed by atoms with van der Waals surface area (Å²) < 4.78 is 7.50. The molecule has 0 spiro atoms. The predicted octanol–water partition coefficient (Wildman–Crippen LogP) is 4.52. The number of hydrogen-bond donors (Lipinski definition) is 1. The molecule has 1 aliphatic rings. The van der Waals surface area contributed by atoms with E-state index >= 15 is 0 Å². The van der Waals surface area contributed by atoms with Crippen molar-refractivity contribution in [2.24, 2.45) is 0 Å². The van der Waals surface area contributed by atoms with Gasteiger partial charge in [-0.25, -0.2) is 0 Å². The van der Waals surface area contributed by atoms with Gasteiger partial charge in [0, 0.05) is 41.8 Å². The van der Waals surface area contributed by atoms with Crippen LogP contribution in [0.15, 0.2) is 48.1 Å². The Balaban J connectivity index is 1.53. The summed E-state index contributed by atoms with van der Waals surface area (Å²) in [7, 11) is 0. The number of allylic oxidation sites excluding steroid dienone is 1. The monoisotopic (exact) mass is 461 g/mol. The number of thiophene rings is 1. The van der Waals surface area contributed by atoms with Gasteiger partial charge in [0.25, 0.3) is 0 Å². The Morgan fingerprint density at radius 3 is 2.73 bits per heavy atom. The minimum absolute atomic E-state index is 0.635. The van der Waals surface area contributed by atoms with Crippen molar-refractivity contribution in [1.82, 2.24) is 19.7 Å². The number of benzene rings is 1. The molecule has 0 aliphatic carbocycles. The van der Waals surface area contributed by atoms with Crippen molar-refractivity contribution in [3.63, 3.8) is 0 Å². The van der Waals surface area contributed by atoms with Crippen LogP contribution in [0.2, 0.25) is 5.02 Å². The number of nitrogens with two attached hydrogens (primary N) is 1. The SMILES string of the molecule is C=CCn1c(SCCN2CCOCC2)nnc1-c1sc(-c2ccc(Cl)cc2)cc1N. The lowest BCUT2D eigenvalue weighted by Gasteiger charge is -2.26. The topological polar surface area (TPSA) is 69.2 Å². The van der Waals surface area contributed by atoms with Crippen LogP contribution in [0, 0.1) is 0 Å². The fraction of sp³-hybridized carbons (Fsp3) is 0.333. The quantitative estimate of drug-likeness (QED) is 0.393. The van der Waals surface area contributed by atoms with Crippen molar-refractivity contribution in [2.75, 3.05) is 44.3 Å². The van der Waals surface area contributed by atoms with Crippen molar-refractivity contribution >= 4 is 40.4 Å². The Hall–Kier alpha value is -1.84. The third kappa shape index (κ3) is 4.90. The standard InChI is InChI=1S/C21H24ClN5OS2/c1-2-7-27-20(24-25-21(27)29-13-10-26-8-11-28-12-9-26)19-17(23)14-18(30-19)15-3-5-16(22)6-4-15/h2-6,14H,1,7-13,23H2. The lowest BCUT2D eigenvalue weighted by atomic mass is 10.2. The van der Waals surface area contributed by atoms with Gasteiger partial charge in [-0.1, -0.05) is 41.6 Å². The molecule has 6 nitrogen and oxygen atoms in total. The van der Waals surface area contributed by atoms with Crippen LogP contribution in [0.5, 0.6) is 0 Å². The van der Waals surface area contributed by atoms with Crippen molar-refractivity contribution in [2.45, 2.75) is 11.7 Å². The summed E-state index contributed by atoms with van der Waals surface area (Å²) in [6.45, 7) is 9.15.